The maximum Gasteiger partial charge on any atom is 0.435 e. The number of nitrogens with one attached hydrogen (secondary N) is 2. The molecule has 7 nitrogen and oxygen atoms in total. The van der Waals surface area contributed by atoms with Crippen LogP contribution < -0.4 is 20.1 Å². The molecule has 0 bridgehead atoms. The van der Waals surface area contributed by atoms with E-state index >= 15 is 0 Å². The van der Waals surface area contributed by atoms with E-state index in [0.29, 0.717) is 42.9 Å². The van der Waals surface area contributed by atoms with Gasteiger partial charge in [0.2, 0.25) is 0 Å². The molecule has 0 amide bonds. The Morgan fingerprint density at radius 3 is 2.66 bits per heavy atom. The van der Waals surface area contributed by atoms with Gasteiger partial charge >= 0.3 is 6.18 Å². The van der Waals surface area contributed by atoms with E-state index in [1.165, 1.54) is 13.2 Å². The highest BCUT2D eigenvalue weighted by Gasteiger charge is 2.36. The third-order valence-corrected chi connectivity index (χ3v) is 3.94. The second-order valence-electron chi connectivity index (χ2n) is 6.21. The summed E-state index contributed by atoms with van der Waals surface area (Å²) in [5.74, 6) is 1.63. The van der Waals surface area contributed by atoms with Gasteiger partial charge in [-0.1, -0.05) is 0 Å². The highest BCUT2D eigenvalue weighted by atomic mass is 127. The van der Waals surface area contributed by atoms with Crippen molar-refractivity contribution in [2.75, 3.05) is 25.1 Å². The maximum absolute atomic E-state index is 13.1. The number of ether oxygens (including phenoxy) is 2. The molecule has 2 aromatic rings. The van der Waals surface area contributed by atoms with Crippen molar-refractivity contribution in [1.82, 2.24) is 15.1 Å². The van der Waals surface area contributed by atoms with E-state index in [9.17, 15) is 13.2 Å². The molecule has 1 aliphatic rings. The van der Waals surface area contributed by atoms with Crippen molar-refractivity contribution < 1.29 is 22.6 Å². The molecule has 1 aromatic heterocycles. The average molecular weight is 525 g/mol. The van der Waals surface area contributed by atoms with E-state index in [1.807, 2.05) is 6.92 Å². The first kappa shape index (κ1) is 23.1. The van der Waals surface area contributed by atoms with Crippen LogP contribution in [-0.4, -0.2) is 35.5 Å². The Morgan fingerprint density at radius 1 is 1.24 bits per heavy atom. The molecule has 0 fully saturated rings. The average Bonchev–Trinajstić information content (AvgIpc) is 2.87. The summed E-state index contributed by atoms with van der Waals surface area (Å²) in [6.07, 6.45) is -2.40. The van der Waals surface area contributed by atoms with Crippen LogP contribution in [-0.2, 0) is 19.8 Å². The van der Waals surface area contributed by atoms with Gasteiger partial charge in [0.25, 0.3) is 0 Å². The zero-order chi connectivity index (χ0) is 20.1. The van der Waals surface area contributed by atoms with Crippen molar-refractivity contribution in [2.24, 2.45) is 12.0 Å². The van der Waals surface area contributed by atoms with Crippen LogP contribution in [0.2, 0.25) is 0 Å². The molecule has 1 aliphatic heterocycles. The van der Waals surface area contributed by atoms with Crippen molar-refractivity contribution in [3.05, 3.63) is 35.7 Å². The lowest BCUT2D eigenvalue weighted by Crippen LogP contribution is -2.30. The highest BCUT2D eigenvalue weighted by molar-refractivity contribution is 14.0. The Labute approximate surface area is 183 Å². The molecule has 2 heterocycles. The minimum absolute atomic E-state index is 0. The second-order valence-corrected chi connectivity index (χ2v) is 6.21. The molecule has 1 aromatic carbocycles. The predicted octanol–water partition coefficient (Wildman–Crippen LogP) is 3.80. The number of aliphatic imine (C=N–C) groups is 1. The number of hydrogen-bond acceptors (Lipinski definition) is 4. The summed E-state index contributed by atoms with van der Waals surface area (Å²) in [5, 5.41) is 9.60. The number of halogens is 4. The summed E-state index contributed by atoms with van der Waals surface area (Å²) < 4.78 is 51.7. The van der Waals surface area contributed by atoms with E-state index in [4.69, 9.17) is 9.47 Å². The molecule has 0 radical (unpaired) electrons. The number of benzene rings is 1. The first-order valence-corrected chi connectivity index (χ1v) is 8.91. The van der Waals surface area contributed by atoms with E-state index in [1.54, 1.807) is 18.2 Å². The van der Waals surface area contributed by atoms with Gasteiger partial charge in [0.05, 0.1) is 19.8 Å². The fraction of sp³-hybridized carbons (Fsp3) is 0.444. The minimum Gasteiger partial charge on any atom is -0.490 e. The Bertz CT molecular complexity index is 855. The van der Waals surface area contributed by atoms with Gasteiger partial charge < -0.3 is 20.1 Å². The fourth-order valence-electron chi connectivity index (χ4n) is 2.74. The second kappa shape index (κ2) is 10.0. The predicted molar refractivity (Wildman–Crippen MR) is 114 cm³/mol. The van der Waals surface area contributed by atoms with Crippen LogP contribution in [0.4, 0.5) is 18.9 Å². The third-order valence-electron chi connectivity index (χ3n) is 3.94. The number of nitrogens with zero attached hydrogens (tertiary/aromatic N) is 3. The van der Waals surface area contributed by atoms with Gasteiger partial charge in [-0.3, -0.25) is 4.68 Å². The fourth-order valence-corrected chi connectivity index (χ4v) is 2.74. The number of anilines is 1. The number of aryl methyl sites for hydroxylation is 1. The molecule has 0 spiro atoms. The zero-order valence-electron chi connectivity index (χ0n) is 16.0. The van der Waals surface area contributed by atoms with Gasteiger partial charge in [-0.25, -0.2) is 4.99 Å². The summed E-state index contributed by atoms with van der Waals surface area (Å²) in [5.41, 5.74) is -0.234. The number of hydrogen-bond donors (Lipinski definition) is 2. The van der Waals surface area contributed by atoms with Crippen molar-refractivity contribution in [3.63, 3.8) is 0 Å². The molecular weight excluding hydrogens is 502 g/mol. The molecular formula is C18H23F3IN5O2. The zero-order valence-corrected chi connectivity index (χ0v) is 18.4. The van der Waals surface area contributed by atoms with Crippen LogP contribution in [0.15, 0.2) is 29.4 Å². The van der Waals surface area contributed by atoms with Crippen LogP contribution in [0.3, 0.4) is 0 Å². The number of rotatable bonds is 4. The summed E-state index contributed by atoms with van der Waals surface area (Å²) in [6.45, 7) is 3.41. The molecule has 0 saturated carbocycles. The standard InChI is InChI=1S/C18H22F3N5O2.HI/c1-3-22-17(23-10-12-11-26(2)25-16(12)18(19,20)21)24-13-5-6-14-15(9-13)28-8-4-7-27-14;/h5-6,9,11H,3-4,7-8,10H2,1-2H3,(H2,22,23,24);1H. The molecule has 2 N–H and O–H groups in total. The van der Waals surface area contributed by atoms with E-state index in [0.717, 1.165) is 11.1 Å². The minimum atomic E-state index is -4.52. The quantitative estimate of drug-likeness (QED) is 0.361. The molecule has 0 aliphatic carbocycles. The van der Waals surface area contributed by atoms with Crippen LogP contribution in [0, 0.1) is 0 Å². The number of guanidine groups is 1. The number of fused-ring (bicyclic) bond motifs is 1. The Morgan fingerprint density at radius 2 is 1.97 bits per heavy atom. The van der Waals surface area contributed by atoms with Crippen molar-refractivity contribution in [3.8, 4) is 11.5 Å². The summed E-state index contributed by atoms with van der Waals surface area (Å²) >= 11 is 0. The van der Waals surface area contributed by atoms with Crippen LogP contribution in [0.25, 0.3) is 0 Å². The van der Waals surface area contributed by atoms with Crippen molar-refractivity contribution in [1.29, 1.82) is 0 Å². The van der Waals surface area contributed by atoms with Gasteiger partial charge in [0.15, 0.2) is 23.2 Å². The largest absolute Gasteiger partial charge is 0.490 e. The molecule has 0 saturated heterocycles. The molecule has 0 unspecified atom stereocenters. The maximum atomic E-state index is 13.1. The van der Waals surface area contributed by atoms with Crippen LogP contribution in [0.1, 0.15) is 24.6 Å². The number of aromatic nitrogens is 2. The van der Waals surface area contributed by atoms with Crippen LogP contribution in [0.5, 0.6) is 11.5 Å². The topological polar surface area (TPSA) is 72.7 Å². The van der Waals surface area contributed by atoms with Crippen molar-refractivity contribution in [2.45, 2.75) is 26.1 Å². The third kappa shape index (κ3) is 6.15. The normalized spacial score (nSPS) is 14.0. The molecule has 11 heteroatoms. The van der Waals surface area contributed by atoms with E-state index in [2.05, 4.69) is 20.7 Å². The van der Waals surface area contributed by atoms with E-state index in [-0.39, 0.29) is 36.1 Å². The first-order valence-electron chi connectivity index (χ1n) is 8.91. The number of alkyl halides is 3. The molecule has 3 rings (SSSR count). The Balaban J connectivity index is 0.00000300. The van der Waals surface area contributed by atoms with Gasteiger partial charge in [-0.15, -0.1) is 24.0 Å². The highest BCUT2D eigenvalue weighted by Crippen LogP contribution is 2.33. The Hall–Kier alpha value is -2.18. The summed E-state index contributed by atoms with van der Waals surface area (Å²) in [7, 11) is 1.45. The van der Waals surface area contributed by atoms with Crippen molar-refractivity contribution >= 4 is 35.6 Å². The smallest absolute Gasteiger partial charge is 0.435 e. The van der Waals surface area contributed by atoms with Gasteiger partial charge in [-0.05, 0) is 19.1 Å². The summed E-state index contributed by atoms with van der Waals surface area (Å²) in [4.78, 5) is 4.27. The first-order chi connectivity index (χ1) is 13.4. The lowest BCUT2D eigenvalue weighted by Gasteiger charge is -2.14. The van der Waals surface area contributed by atoms with Gasteiger partial charge in [0.1, 0.15) is 0 Å². The molecule has 0 atom stereocenters. The van der Waals surface area contributed by atoms with Crippen LogP contribution >= 0.6 is 24.0 Å². The molecule has 29 heavy (non-hydrogen) atoms. The lowest BCUT2D eigenvalue weighted by molar-refractivity contribution is -0.142. The SMILES string of the molecule is CCNC(=NCc1cn(C)nc1C(F)(F)F)Nc1ccc2c(c1)OCCCO2.I. The molecule has 160 valence electrons. The van der Waals surface area contributed by atoms with Gasteiger partial charge in [0, 0.05) is 43.5 Å². The monoisotopic (exact) mass is 525 g/mol. The summed E-state index contributed by atoms with van der Waals surface area (Å²) in [6, 6.07) is 5.36. The van der Waals surface area contributed by atoms with Gasteiger partial charge in [-0.2, -0.15) is 18.3 Å². The lowest BCUT2D eigenvalue weighted by atomic mass is 10.2. The Kier molecular flexibility index (Phi) is 7.99. The van der Waals surface area contributed by atoms with E-state index < -0.39 is 11.9 Å².